The first-order valence-corrected chi connectivity index (χ1v) is 12.5. The highest BCUT2D eigenvalue weighted by Gasteiger charge is 2.46. The Morgan fingerprint density at radius 3 is 1.60 bits per heavy atom. The molecule has 0 bridgehead atoms. The third-order valence-electron chi connectivity index (χ3n) is 5.37. The van der Waals surface area contributed by atoms with Gasteiger partial charge in [0.2, 0.25) is 0 Å². The lowest BCUT2D eigenvalue weighted by atomic mass is 9.88. The summed E-state index contributed by atoms with van der Waals surface area (Å²) in [5.41, 5.74) is 1.75. The summed E-state index contributed by atoms with van der Waals surface area (Å²) >= 11 is 0. The molecular weight excluding hydrogens is 396 g/mol. The predicted octanol–water partition coefficient (Wildman–Crippen LogP) is 4.17. The van der Waals surface area contributed by atoms with Crippen LogP contribution in [-0.2, 0) is 14.3 Å². The highest BCUT2D eigenvalue weighted by atomic mass is 32.2. The molecule has 3 rings (SSSR count). The van der Waals surface area contributed by atoms with E-state index in [9.17, 15) is 8.42 Å². The first-order chi connectivity index (χ1) is 14.2. The SMILES string of the molecule is CC1(OS(C)(=O)=O)CN(C(c2ccccc2)c2ccccc2)C1.CCN(CC)CC. The first-order valence-electron chi connectivity index (χ1n) is 10.7. The van der Waals surface area contributed by atoms with Gasteiger partial charge in [-0.25, -0.2) is 0 Å². The van der Waals surface area contributed by atoms with Crippen LogP contribution < -0.4 is 0 Å². The van der Waals surface area contributed by atoms with E-state index in [1.165, 1.54) is 30.8 Å². The predicted molar refractivity (Wildman–Crippen MR) is 124 cm³/mol. The number of nitrogens with zero attached hydrogens (tertiary/aromatic N) is 2. The van der Waals surface area contributed by atoms with Crippen LogP contribution in [0.5, 0.6) is 0 Å². The molecule has 1 aliphatic rings. The second kappa shape index (κ2) is 11.0. The zero-order valence-corrected chi connectivity index (χ0v) is 19.7. The summed E-state index contributed by atoms with van der Waals surface area (Å²) in [7, 11) is -3.45. The Morgan fingerprint density at radius 1 is 0.900 bits per heavy atom. The van der Waals surface area contributed by atoms with Crippen molar-refractivity contribution < 1.29 is 12.6 Å². The largest absolute Gasteiger partial charge is 0.304 e. The van der Waals surface area contributed by atoms with E-state index in [1.54, 1.807) is 0 Å². The monoisotopic (exact) mass is 432 g/mol. The lowest BCUT2D eigenvalue weighted by molar-refractivity contribution is -0.0733. The third-order valence-corrected chi connectivity index (χ3v) is 6.07. The molecule has 2 aromatic carbocycles. The molecule has 0 saturated carbocycles. The number of likely N-dealkylation sites (tertiary alicyclic amines) is 1. The molecule has 1 fully saturated rings. The molecule has 0 aromatic heterocycles. The summed E-state index contributed by atoms with van der Waals surface area (Å²) < 4.78 is 28.1. The smallest absolute Gasteiger partial charge is 0.265 e. The van der Waals surface area contributed by atoms with E-state index in [4.69, 9.17) is 4.18 Å². The van der Waals surface area contributed by atoms with Crippen LogP contribution in [0.25, 0.3) is 0 Å². The van der Waals surface area contributed by atoms with Gasteiger partial charge >= 0.3 is 0 Å². The van der Waals surface area contributed by atoms with E-state index in [2.05, 4.69) is 54.8 Å². The van der Waals surface area contributed by atoms with Crippen LogP contribution in [0.2, 0.25) is 0 Å². The molecule has 1 saturated heterocycles. The van der Waals surface area contributed by atoms with E-state index in [-0.39, 0.29) is 6.04 Å². The van der Waals surface area contributed by atoms with Crippen molar-refractivity contribution in [3.05, 3.63) is 71.8 Å². The molecule has 0 radical (unpaired) electrons. The maximum atomic E-state index is 11.4. The number of benzene rings is 2. The summed E-state index contributed by atoms with van der Waals surface area (Å²) in [5, 5.41) is 0. The molecule has 0 aliphatic carbocycles. The molecule has 0 unspecified atom stereocenters. The Balaban J connectivity index is 0.000000396. The highest BCUT2D eigenvalue weighted by molar-refractivity contribution is 7.86. The van der Waals surface area contributed by atoms with Gasteiger partial charge in [0.1, 0.15) is 5.60 Å². The summed E-state index contributed by atoms with van der Waals surface area (Å²) in [4.78, 5) is 4.62. The van der Waals surface area contributed by atoms with Gasteiger partial charge in [0.15, 0.2) is 0 Å². The maximum absolute atomic E-state index is 11.4. The average Bonchev–Trinajstić information content (AvgIpc) is 2.69. The summed E-state index contributed by atoms with van der Waals surface area (Å²) in [6.07, 6.45) is 1.10. The van der Waals surface area contributed by atoms with Crippen molar-refractivity contribution in [2.75, 3.05) is 39.0 Å². The van der Waals surface area contributed by atoms with Crippen molar-refractivity contribution in [2.45, 2.75) is 39.3 Å². The van der Waals surface area contributed by atoms with E-state index < -0.39 is 15.7 Å². The van der Waals surface area contributed by atoms with Gasteiger partial charge in [0.05, 0.1) is 12.3 Å². The Bertz CT molecular complexity index is 802. The fraction of sp³-hybridized carbons (Fsp3) is 0.500. The highest BCUT2D eigenvalue weighted by Crippen LogP contribution is 2.37. The number of hydrogen-bond donors (Lipinski definition) is 0. The first kappa shape index (κ1) is 24.5. The molecule has 6 heteroatoms. The van der Waals surface area contributed by atoms with Crippen molar-refractivity contribution in [1.29, 1.82) is 0 Å². The van der Waals surface area contributed by atoms with E-state index in [0.29, 0.717) is 13.1 Å². The molecule has 0 spiro atoms. The molecule has 5 nitrogen and oxygen atoms in total. The number of hydrogen-bond acceptors (Lipinski definition) is 5. The molecule has 0 amide bonds. The lowest BCUT2D eigenvalue weighted by Crippen LogP contribution is -2.62. The summed E-state index contributed by atoms with van der Waals surface area (Å²) in [5.74, 6) is 0. The Kier molecular flexibility index (Phi) is 9.04. The van der Waals surface area contributed by atoms with Crippen LogP contribution in [0.1, 0.15) is 44.9 Å². The van der Waals surface area contributed by atoms with Gasteiger partial charge in [-0.3, -0.25) is 9.08 Å². The van der Waals surface area contributed by atoms with Crippen LogP contribution >= 0.6 is 0 Å². The zero-order chi connectivity index (χ0) is 22.2. The Labute approximate surface area is 182 Å². The molecule has 1 heterocycles. The molecule has 30 heavy (non-hydrogen) atoms. The normalized spacial score (nSPS) is 16.1. The van der Waals surface area contributed by atoms with Crippen molar-refractivity contribution in [2.24, 2.45) is 0 Å². The maximum Gasteiger partial charge on any atom is 0.265 e. The number of rotatable bonds is 8. The zero-order valence-electron chi connectivity index (χ0n) is 18.9. The molecule has 0 N–H and O–H groups in total. The second-order valence-electron chi connectivity index (χ2n) is 7.99. The Hall–Kier alpha value is -1.73. The van der Waals surface area contributed by atoms with Gasteiger partial charge in [-0.05, 0) is 37.7 Å². The second-order valence-corrected chi connectivity index (χ2v) is 9.56. The van der Waals surface area contributed by atoms with Gasteiger partial charge < -0.3 is 4.90 Å². The van der Waals surface area contributed by atoms with Gasteiger partial charge in [-0.2, -0.15) is 8.42 Å². The van der Waals surface area contributed by atoms with Crippen LogP contribution in [0, 0.1) is 0 Å². The minimum absolute atomic E-state index is 0.105. The van der Waals surface area contributed by atoms with Crippen LogP contribution in [0.15, 0.2) is 60.7 Å². The molecule has 2 aromatic rings. The summed E-state index contributed by atoms with van der Waals surface area (Å²) in [6, 6.07) is 20.6. The van der Waals surface area contributed by atoms with Gasteiger partial charge in [-0.15, -0.1) is 0 Å². The Morgan fingerprint density at radius 2 is 1.30 bits per heavy atom. The van der Waals surface area contributed by atoms with E-state index >= 15 is 0 Å². The average molecular weight is 433 g/mol. The molecule has 166 valence electrons. The molecule has 1 aliphatic heterocycles. The van der Waals surface area contributed by atoms with E-state index in [1.807, 2.05) is 43.3 Å². The van der Waals surface area contributed by atoms with E-state index in [0.717, 1.165) is 6.26 Å². The van der Waals surface area contributed by atoms with Gasteiger partial charge in [-0.1, -0.05) is 81.4 Å². The summed E-state index contributed by atoms with van der Waals surface area (Å²) in [6.45, 7) is 13.1. The van der Waals surface area contributed by atoms with Crippen LogP contribution in [0.3, 0.4) is 0 Å². The van der Waals surface area contributed by atoms with Crippen molar-refractivity contribution in [3.63, 3.8) is 0 Å². The van der Waals surface area contributed by atoms with Crippen LogP contribution in [0.4, 0.5) is 0 Å². The minimum Gasteiger partial charge on any atom is -0.304 e. The quantitative estimate of drug-likeness (QED) is 0.586. The molecular formula is C24H36N2O3S. The molecule has 0 atom stereocenters. The standard InChI is InChI=1S/C18H21NO3S.C6H15N/c1-18(22-23(2,20)21)13-19(14-18)17(15-9-5-3-6-10-15)16-11-7-4-8-12-16;1-4-7(5-2)6-3/h3-12,17H,13-14H2,1-2H3;4-6H2,1-3H3. The topological polar surface area (TPSA) is 49.9 Å². The fourth-order valence-corrected chi connectivity index (χ4v) is 4.81. The minimum atomic E-state index is -3.45. The van der Waals surface area contributed by atoms with Gasteiger partial charge in [0.25, 0.3) is 10.1 Å². The van der Waals surface area contributed by atoms with Gasteiger partial charge in [0, 0.05) is 13.1 Å². The van der Waals surface area contributed by atoms with Crippen molar-refractivity contribution >= 4 is 10.1 Å². The van der Waals surface area contributed by atoms with Crippen LogP contribution in [-0.4, -0.2) is 62.8 Å². The van der Waals surface area contributed by atoms with Crippen molar-refractivity contribution in [1.82, 2.24) is 9.80 Å². The fourth-order valence-electron chi connectivity index (χ4n) is 3.97. The third kappa shape index (κ3) is 7.20. The van der Waals surface area contributed by atoms with Crippen molar-refractivity contribution in [3.8, 4) is 0 Å². The lowest BCUT2D eigenvalue weighted by Gasteiger charge is -2.50.